The summed E-state index contributed by atoms with van der Waals surface area (Å²) in [5, 5.41) is 12.7. The van der Waals surface area contributed by atoms with Crippen molar-refractivity contribution in [3.05, 3.63) is 23.3 Å². The maximum atomic E-state index is 14.5. The van der Waals surface area contributed by atoms with Gasteiger partial charge in [-0.2, -0.15) is 5.26 Å². The molecule has 0 aromatic heterocycles. The van der Waals surface area contributed by atoms with E-state index >= 15 is 0 Å². The number of ether oxygens (including phenoxy) is 1. The molecular weight excluding hydrogens is 500 g/mol. The lowest BCUT2D eigenvalue weighted by molar-refractivity contribution is -0.177. The molecule has 3 fully saturated rings. The zero-order valence-corrected chi connectivity index (χ0v) is 25.8. The summed E-state index contributed by atoms with van der Waals surface area (Å²) in [6.07, 6.45) is 10.1. The Hall–Kier alpha value is -2.42. The van der Waals surface area contributed by atoms with Gasteiger partial charge in [-0.15, -0.1) is 0 Å². The average molecular weight is 549 g/mol. The maximum absolute atomic E-state index is 14.5. The van der Waals surface area contributed by atoms with Crippen LogP contribution < -0.4 is 5.32 Å². The van der Waals surface area contributed by atoms with Gasteiger partial charge in [-0.1, -0.05) is 60.1 Å². The predicted molar refractivity (Wildman–Crippen MR) is 154 cm³/mol. The molecule has 3 saturated carbocycles. The predicted octanol–water partition coefficient (Wildman–Crippen LogP) is 6.95. The zero-order chi connectivity index (χ0) is 29.5. The van der Waals surface area contributed by atoms with Gasteiger partial charge in [0.05, 0.1) is 12.2 Å². The van der Waals surface area contributed by atoms with Crippen LogP contribution >= 0.6 is 0 Å². The third kappa shape index (κ3) is 3.82. The van der Waals surface area contributed by atoms with Crippen LogP contribution in [0.15, 0.2) is 23.3 Å². The highest BCUT2D eigenvalue weighted by Gasteiger charge is 2.69. The number of amides is 1. The van der Waals surface area contributed by atoms with Gasteiger partial charge >= 0.3 is 6.09 Å². The maximum Gasteiger partial charge on any atom is 0.407 e. The number of nitrogens with one attached hydrogen (secondary N) is 1. The molecule has 0 heterocycles. The van der Waals surface area contributed by atoms with E-state index in [1.165, 1.54) is 0 Å². The van der Waals surface area contributed by atoms with Crippen LogP contribution in [0, 0.1) is 61.6 Å². The average Bonchev–Trinajstić information content (AvgIpc) is 2.87. The molecule has 5 aliphatic carbocycles. The molecule has 6 nitrogen and oxygen atoms in total. The summed E-state index contributed by atoms with van der Waals surface area (Å²) in [5.74, 6) is 0.130. The fraction of sp³-hybridized carbons (Fsp3) is 0.765. The smallest absolute Gasteiger partial charge is 0.407 e. The van der Waals surface area contributed by atoms with Crippen molar-refractivity contribution in [1.29, 1.82) is 5.26 Å². The Kier molecular flexibility index (Phi) is 6.57. The summed E-state index contributed by atoms with van der Waals surface area (Å²) in [5.41, 5.74) is -0.423. The van der Waals surface area contributed by atoms with Gasteiger partial charge in [0.2, 0.25) is 0 Å². The first-order valence-electron chi connectivity index (χ1n) is 15.4. The molecule has 0 spiro atoms. The summed E-state index contributed by atoms with van der Waals surface area (Å²) in [7, 11) is 0. The molecule has 5 aliphatic rings. The largest absolute Gasteiger partial charge is 0.449 e. The van der Waals surface area contributed by atoms with E-state index in [9.17, 15) is 19.6 Å². The monoisotopic (exact) mass is 548 g/mol. The van der Waals surface area contributed by atoms with Gasteiger partial charge in [0.15, 0.2) is 11.6 Å². The number of fused-ring (bicyclic) bond motifs is 7. The Bertz CT molecular complexity index is 1250. The Labute approximate surface area is 240 Å². The number of rotatable bonds is 3. The molecule has 0 saturated heterocycles. The van der Waals surface area contributed by atoms with Gasteiger partial charge in [0.25, 0.3) is 0 Å². The Morgan fingerprint density at radius 3 is 2.38 bits per heavy atom. The molecule has 40 heavy (non-hydrogen) atoms. The van der Waals surface area contributed by atoms with Crippen molar-refractivity contribution in [2.24, 2.45) is 50.2 Å². The molecule has 0 bridgehead atoms. The highest BCUT2D eigenvalue weighted by atomic mass is 16.5. The van der Waals surface area contributed by atoms with Crippen LogP contribution in [-0.2, 0) is 14.3 Å². The molecule has 1 amide bonds. The van der Waals surface area contributed by atoms with E-state index in [4.69, 9.17) is 4.74 Å². The number of nitriles is 1. The molecule has 0 aromatic rings. The van der Waals surface area contributed by atoms with Gasteiger partial charge in [0, 0.05) is 28.7 Å². The number of nitrogens with zero attached hydrogens (tertiary/aromatic N) is 1. The lowest BCUT2D eigenvalue weighted by Crippen LogP contribution is -2.65. The number of Topliss-reactive ketones (excluding diaryl/α,β-unsaturated/α-hetero) is 1. The number of carbonyl (C=O) groups excluding carboxylic acids is 3. The van der Waals surface area contributed by atoms with Crippen molar-refractivity contribution in [3.8, 4) is 6.07 Å². The second-order valence-corrected chi connectivity index (χ2v) is 15.7. The third-order valence-corrected chi connectivity index (χ3v) is 12.9. The summed E-state index contributed by atoms with van der Waals surface area (Å²) < 4.78 is 5.83. The number of hydrogen-bond acceptors (Lipinski definition) is 5. The lowest BCUT2D eigenvalue weighted by Gasteiger charge is -2.69. The van der Waals surface area contributed by atoms with E-state index < -0.39 is 10.8 Å². The summed E-state index contributed by atoms with van der Waals surface area (Å²) >= 11 is 0. The Morgan fingerprint density at radius 2 is 1.73 bits per heavy atom. The molecule has 6 heteroatoms. The molecule has 0 aliphatic heterocycles. The van der Waals surface area contributed by atoms with Crippen LogP contribution in [0.1, 0.15) is 100 Å². The quantitative estimate of drug-likeness (QED) is 0.412. The minimum Gasteiger partial charge on any atom is -0.449 e. The topological polar surface area (TPSA) is 96.3 Å². The van der Waals surface area contributed by atoms with Gasteiger partial charge in [-0.25, -0.2) is 4.79 Å². The fourth-order valence-corrected chi connectivity index (χ4v) is 10.4. The Morgan fingerprint density at radius 1 is 1.05 bits per heavy atom. The van der Waals surface area contributed by atoms with Crippen LogP contribution in [0.3, 0.4) is 0 Å². The first kappa shape index (κ1) is 29.1. The standard InChI is InChI=1S/C34H48N2O4/c1-9-36-28(39)40-20-34-14-12-29(2,3)18-22(34)26-23(37)16-25-31(6)17-21(19-35)27(38)30(4,5)24(31)10-11-32(25,7)33(26,8)13-15-34/h16-17,22,24,26H,9-15,18,20H2,1-8H3,(H,36,39)/t22-,24+,26?,31+,32-,33-,34-/m1/s1. The summed E-state index contributed by atoms with van der Waals surface area (Å²) in [6, 6.07) is 2.19. The molecule has 5 rings (SSSR count). The van der Waals surface area contributed by atoms with Crippen LogP contribution in [0.25, 0.3) is 0 Å². The van der Waals surface area contributed by atoms with Crippen LogP contribution in [0.4, 0.5) is 4.79 Å². The van der Waals surface area contributed by atoms with Gasteiger partial charge in [-0.05, 0) is 86.0 Å². The van der Waals surface area contributed by atoms with Crippen molar-refractivity contribution in [3.63, 3.8) is 0 Å². The van der Waals surface area contributed by atoms with Crippen LogP contribution in [0.5, 0.6) is 0 Å². The molecule has 0 radical (unpaired) electrons. The highest BCUT2D eigenvalue weighted by molar-refractivity contribution is 6.04. The summed E-state index contributed by atoms with van der Waals surface area (Å²) in [4.78, 5) is 40.1. The Balaban J connectivity index is 1.62. The SMILES string of the molecule is CCNC(=O)OC[C@]12CCC(C)(C)C[C@@H]1C1C(=O)C=C3[C@@]4(C)C=C(C#N)C(=O)C(C)(C)[C@@H]4CC[C@@]3(C)[C@]1(C)CC2. The number of alkyl carbamates (subject to hydrolysis) is 1. The normalized spacial score (nSPS) is 43.0. The lowest BCUT2D eigenvalue weighted by atomic mass is 9.34. The minimum absolute atomic E-state index is 0.0404. The third-order valence-electron chi connectivity index (χ3n) is 12.9. The molecule has 1 N–H and O–H groups in total. The van der Waals surface area contributed by atoms with Crippen molar-refractivity contribution in [1.82, 2.24) is 5.32 Å². The minimum atomic E-state index is -0.664. The van der Waals surface area contributed by atoms with E-state index in [0.717, 1.165) is 50.5 Å². The van der Waals surface area contributed by atoms with Crippen molar-refractivity contribution in [2.75, 3.05) is 13.2 Å². The van der Waals surface area contributed by atoms with E-state index in [0.29, 0.717) is 13.2 Å². The van der Waals surface area contributed by atoms with Gasteiger partial charge in [0.1, 0.15) is 6.07 Å². The van der Waals surface area contributed by atoms with Gasteiger partial charge < -0.3 is 10.1 Å². The fourth-order valence-electron chi connectivity index (χ4n) is 10.4. The number of carbonyl (C=O) groups is 3. The van der Waals surface area contributed by atoms with Crippen LogP contribution in [-0.4, -0.2) is 30.8 Å². The first-order valence-corrected chi connectivity index (χ1v) is 15.4. The van der Waals surface area contributed by atoms with E-state index in [1.807, 2.05) is 32.9 Å². The number of allylic oxidation sites excluding steroid dienone is 4. The first-order chi connectivity index (χ1) is 18.5. The van der Waals surface area contributed by atoms with Crippen molar-refractivity contribution >= 4 is 17.7 Å². The molecule has 1 unspecified atom stereocenters. The zero-order valence-electron chi connectivity index (χ0n) is 25.8. The summed E-state index contributed by atoms with van der Waals surface area (Å²) in [6.45, 7) is 18.2. The molecule has 7 atom stereocenters. The number of hydrogen-bond donors (Lipinski definition) is 1. The molecular formula is C34H48N2O4. The van der Waals surface area contributed by atoms with Crippen molar-refractivity contribution in [2.45, 2.75) is 100 Å². The van der Waals surface area contributed by atoms with Crippen LogP contribution in [0.2, 0.25) is 0 Å². The van der Waals surface area contributed by atoms with E-state index in [-0.39, 0.29) is 62.6 Å². The highest BCUT2D eigenvalue weighted by Crippen LogP contribution is 2.74. The van der Waals surface area contributed by atoms with Crippen molar-refractivity contribution < 1.29 is 19.1 Å². The van der Waals surface area contributed by atoms with E-state index in [2.05, 4.69) is 46.0 Å². The number of ketones is 2. The second-order valence-electron chi connectivity index (χ2n) is 15.7. The van der Waals surface area contributed by atoms with E-state index in [1.54, 1.807) is 0 Å². The molecule has 218 valence electrons. The second kappa shape index (κ2) is 9.04. The van der Waals surface area contributed by atoms with Gasteiger partial charge in [-0.3, -0.25) is 9.59 Å². The molecule has 0 aromatic carbocycles.